The summed E-state index contributed by atoms with van der Waals surface area (Å²) in [5.74, 6) is 0. The largest absolute Gasteiger partial charge is 0.382 e. The Kier molecular flexibility index (Phi) is 6.82. The van der Waals surface area contributed by atoms with Crippen LogP contribution in [0.4, 0.5) is 19.4 Å². The second-order valence-corrected chi connectivity index (χ2v) is 6.84. The highest BCUT2D eigenvalue weighted by Crippen LogP contribution is 2.98. The molecule has 0 N–H and O–H groups in total. The Morgan fingerprint density at radius 2 is 1.37 bits per heavy atom. The monoisotopic (exact) mass is 310 g/mol. The van der Waals surface area contributed by atoms with Gasteiger partial charge in [-0.25, -0.2) is 0 Å². The third kappa shape index (κ3) is 17.7. The number of rotatable bonds is 11. The lowest BCUT2D eigenvalue weighted by molar-refractivity contribution is 0.143. The maximum absolute atomic E-state index is 11.9. The van der Waals surface area contributed by atoms with E-state index in [1.165, 1.54) is 0 Å². The molecule has 0 aliphatic rings. The number of ether oxygens (including phenoxy) is 1. The van der Waals surface area contributed by atoms with E-state index >= 15 is 0 Å². The van der Waals surface area contributed by atoms with E-state index in [9.17, 15) is 19.4 Å². The first-order valence-electron chi connectivity index (χ1n) is 6.53. The summed E-state index contributed by atoms with van der Waals surface area (Å²) < 4.78 is 64.6. The van der Waals surface area contributed by atoms with Crippen LogP contribution in [0.25, 0.3) is 0 Å². The van der Waals surface area contributed by atoms with Crippen LogP contribution in [0.5, 0.6) is 0 Å². The van der Waals surface area contributed by atoms with E-state index in [-0.39, 0.29) is 6.42 Å². The molecule has 0 bridgehead atoms. The maximum Gasteiger partial charge on any atom is 0.304 e. The van der Waals surface area contributed by atoms with Gasteiger partial charge in [-0.05, 0) is 26.2 Å². The number of halogens is 5. The van der Waals surface area contributed by atoms with Crippen LogP contribution in [0.1, 0.15) is 51.9 Å². The fourth-order valence-electron chi connectivity index (χ4n) is 1.57. The standard InChI is InChI=1S/C12H23F5OS/c1-2-18-11-9-7-5-3-4-6-8-10-12-19(13,14,15,16)17/h10,12H,2-9,11H2,1H3/b12-10+. The molecule has 0 radical (unpaired) electrons. The van der Waals surface area contributed by atoms with Gasteiger partial charge in [-0.15, -0.1) is 0 Å². The average molecular weight is 310 g/mol. The van der Waals surface area contributed by atoms with E-state index in [2.05, 4.69) is 0 Å². The summed E-state index contributed by atoms with van der Waals surface area (Å²) in [6, 6.07) is 0. The highest BCUT2D eigenvalue weighted by atomic mass is 32.5. The molecule has 19 heavy (non-hydrogen) atoms. The molecule has 118 valence electrons. The molecule has 0 heterocycles. The molecular formula is C12H23F5OS. The minimum atomic E-state index is -9.33. The fourth-order valence-corrected chi connectivity index (χ4v) is 2.07. The summed E-state index contributed by atoms with van der Waals surface area (Å²) >= 11 is 0. The first-order chi connectivity index (χ1) is 8.54. The van der Waals surface area contributed by atoms with Gasteiger partial charge in [0.05, 0.1) is 5.41 Å². The van der Waals surface area contributed by atoms with Crippen molar-refractivity contribution in [2.45, 2.75) is 51.9 Å². The van der Waals surface area contributed by atoms with Gasteiger partial charge in [-0.2, -0.15) is 0 Å². The summed E-state index contributed by atoms with van der Waals surface area (Å²) in [7, 11) is -9.33. The summed E-state index contributed by atoms with van der Waals surface area (Å²) in [5, 5.41) is -0.845. The SMILES string of the molecule is CCOCCCCCCCC/C=C/S(F)(F)(F)(F)F. The van der Waals surface area contributed by atoms with Crippen molar-refractivity contribution in [2.75, 3.05) is 13.2 Å². The van der Waals surface area contributed by atoms with Crippen molar-refractivity contribution < 1.29 is 24.2 Å². The molecule has 0 saturated heterocycles. The Bertz CT molecular complexity index is 272. The van der Waals surface area contributed by atoms with Crippen molar-refractivity contribution in [1.82, 2.24) is 0 Å². The van der Waals surface area contributed by atoms with Crippen molar-refractivity contribution in [2.24, 2.45) is 0 Å². The molecule has 0 aromatic heterocycles. The van der Waals surface area contributed by atoms with Crippen LogP contribution in [0, 0.1) is 0 Å². The quantitative estimate of drug-likeness (QED) is 0.310. The minimum Gasteiger partial charge on any atom is -0.382 e. The van der Waals surface area contributed by atoms with Gasteiger partial charge in [0, 0.05) is 13.2 Å². The van der Waals surface area contributed by atoms with Crippen LogP contribution in [0.2, 0.25) is 0 Å². The van der Waals surface area contributed by atoms with Gasteiger partial charge < -0.3 is 4.74 Å². The molecule has 0 amide bonds. The van der Waals surface area contributed by atoms with Crippen LogP contribution in [0.3, 0.4) is 0 Å². The molecular weight excluding hydrogens is 287 g/mol. The van der Waals surface area contributed by atoms with E-state index in [1.54, 1.807) is 0 Å². The predicted molar refractivity (Wildman–Crippen MR) is 71.1 cm³/mol. The lowest BCUT2D eigenvalue weighted by Crippen LogP contribution is -1.98. The van der Waals surface area contributed by atoms with E-state index in [0.29, 0.717) is 19.1 Å². The number of hydrogen-bond donors (Lipinski definition) is 0. The third-order valence-corrected chi connectivity index (χ3v) is 3.17. The van der Waals surface area contributed by atoms with Crippen molar-refractivity contribution in [3.05, 3.63) is 11.5 Å². The summed E-state index contributed by atoms with van der Waals surface area (Å²) in [6.07, 6.45) is 5.78. The molecule has 0 aliphatic heterocycles. The van der Waals surface area contributed by atoms with Crippen LogP contribution in [-0.2, 0) is 4.74 Å². The third-order valence-electron chi connectivity index (χ3n) is 2.47. The first-order valence-corrected chi connectivity index (χ1v) is 8.55. The molecule has 0 rings (SSSR count). The molecule has 0 spiro atoms. The Morgan fingerprint density at radius 1 is 0.842 bits per heavy atom. The van der Waals surface area contributed by atoms with Crippen LogP contribution < -0.4 is 0 Å². The Labute approximate surface area is 111 Å². The Hall–Kier alpha value is -0.300. The molecule has 0 aliphatic carbocycles. The molecule has 0 unspecified atom stereocenters. The highest BCUT2D eigenvalue weighted by Gasteiger charge is 2.60. The molecule has 0 saturated carbocycles. The predicted octanol–water partition coefficient (Wildman–Crippen LogP) is 6.57. The van der Waals surface area contributed by atoms with Gasteiger partial charge in [0.1, 0.15) is 0 Å². The molecule has 7 heteroatoms. The lowest BCUT2D eigenvalue weighted by atomic mass is 10.1. The van der Waals surface area contributed by atoms with E-state index in [4.69, 9.17) is 4.74 Å². The Morgan fingerprint density at radius 3 is 1.89 bits per heavy atom. The zero-order valence-corrected chi connectivity index (χ0v) is 12.0. The van der Waals surface area contributed by atoms with Gasteiger partial charge >= 0.3 is 10.2 Å². The lowest BCUT2D eigenvalue weighted by Gasteiger charge is -2.36. The van der Waals surface area contributed by atoms with Crippen molar-refractivity contribution in [3.63, 3.8) is 0 Å². The van der Waals surface area contributed by atoms with Crippen molar-refractivity contribution in [1.29, 1.82) is 0 Å². The van der Waals surface area contributed by atoms with Gasteiger partial charge in [0.15, 0.2) is 0 Å². The van der Waals surface area contributed by atoms with Gasteiger partial charge in [0.2, 0.25) is 0 Å². The highest BCUT2D eigenvalue weighted by molar-refractivity contribution is 8.48. The number of unbranched alkanes of at least 4 members (excludes halogenated alkanes) is 6. The zero-order valence-electron chi connectivity index (χ0n) is 11.2. The average Bonchev–Trinajstić information content (AvgIpc) is 2.22. The van der Waals surface area contributed by atoms with Crippen molar-refractivity contribution >= 4 is 10.2 Å². The Balaban J connectivity index is 3.45. The summed E-state index contributed by atoms with van der Waals surface area (Å²) in [4.78, 5) is 0. The smallest absolute Gasteiger partial charge is 0.304 e. The normalized spacial score (nSPS) is 16.5. The molecule has 1 nitrogen and oxygen atoms in total. The second-order valence-electron chi connectivity index (χ2n) is 4.51. The van der Waals surface area contributed by atoms with Crippen LogP contribution in [0.15, 0.2) is 11.5 Å². The van der Waals surface area contributed by atoms with E-state index in [0.717, 1.165) is 38.7 Å². The second kappa shape index (κ2) is 6.92. The molecule has 0 aromatic rings. The molecule has 0 aromatic carbocycles. The summed E-state index contributed by atoms with van der Waals surface area (Å²) in [5.41, 5.74) is 0. The van der Waals surface area contributed by atoms with Gasteiger partial charge in [-0.3, -0.25) is 0 Å². The van der Waals surface area contributed by atoms with Gasteiger partial charge in [0.25, 0.3) is 0 Å². The maximum atomic E-state index is 11.9. The van der Waals surface area contributed by atoms with E-state index in [1.807, 2.05) is 6.92 Å². The summed E-state index contributed by atoms with van der Waals surface area (Å²) in [6.45, 7) is 3.38. The fraction of sp³-hybridized carbons (Fsp3) is 0.833. The van der Waals surface area contributed by atoms with Crippen molar-refractivity contribution in [3.8, 4) is 0 Å². The van der Waals surface area contributed by atoms with Crippen LogP contribution in [-0.4, -0.2) is 13.2 Å². The van der Waals surface area contributed by atoms with Crippen LogP contribution >= 0.6 is 10.2 Å². The van der Waals surface area contributed by atoms with E-state index < -0.39 is 15.6 Å². The molecule has 0 atom stereocenters. The molecule has 0 fully saturated rings. The first kappa shape index (κ1) is 18.7. The number of hydrogen-bond acceptors (Lipinski definition) is 1. The number of allylic oxidation sites excluding steroid dienone is 1. The minimum absolute atomic E-state index is 0.0462. The zero-order chi connectivity index (χ0) is 14.9. The topological polar surface area (TPSA) is 9.23 Å². The van der Waals surface area contributed by atoms with Gasteiger partial charge in [-0.1, -0.05) is 51.2 Å².